The molecule has 0 saturated heterocycles. The Morgan fingerprint density at radius 1 is 1.44 bits per heavy atom. The quantitative estimate of drug-likeness (QED) is 0.569. The maximum atomic E-state index is 6.09. The molecule has 1 rings (SSSR count). The van der Waals surface area contributed by atoms with Crippen LogP contribution in [0, 0.1) is 0 Å². The second-order valence-corrected chi connectivity index (χ2v) is 10.9. The molecule has 1 aromatic heterocycles. The summed E-state index contributed by atoms with van der Waals surface area (Å²) in [6, 6.07) is 0. The van der Waals surface area contributed by atoms with E-state index in [1.54, 1.807) is 6.26 Å². The summed E-state index contributed by atoms with van der Waals surface area (Å²) in [6.07, 6.45) is 5.27. The van der Waals surface area contributed by atoms with Crippen LogP contribution in [0.1, 0.15) is 38.8 Å². The lowest BCUT2D eigenvalue weighted by Gasteiger charge is -2.35. The van der Waals surface area contributed by atoms with Crippen molar-refractivity contribution in [1.82, 2.24) is 4.98 Å². The van der Waals surface area contributed by atoms with Crippen molar-refractivity contribution in [2.24, 2.45) is 0 Å². The van der Waals surface area contributed by atoms with Gasteiger partial charge in [-0.25, -0.2) is 4.98 Å². The van der Waals surface area contributed by atoms with Gasteiger partial charge in [-0.3, -0.25) is 0 Å². The largest absolute Gasteiger partial charge is 0.449 e. The molecule has 0 aliphatic carbocycles. The minimum atomic E-state index is -1.70. The minimum absolute atomic E-state index is 0.225. The highest BCUT2D eigenvalue weighted by molar-refractivity contribution is 6.74. The Morgan fingerprint density at radius 3 is 2.67 bits per heavy atom. The summed E-state index contributed by atoms with van der Waals surface area (Å²) < 4.78 is 11.5. The van der Waals surface area contributed by atoms with Gasteiger partial charge in [-0.15, -0.1) is 6.58 Å². The molecule has 0 radical (unpaired) electrons. The van der Waals surface area contributed by atoms with E-state index in [9.17, 15) is 0 Å². The number of nitrogens with zero attached hydrogens (tertiary/aromatic N) is 1. The van der Waals surface area contributed by atoms with Crippen molar-refractivity contribution >= 4 is 8.32 Å². The van der Waals surface area contributed by atoms with Crippen LogP contribution in [0.25, 0.3) is 0 Å². The first-order chi connectivity index (χ1) is 8.26. The van der Waals surface area contributed by atoms with Gasteiger partial charge in [0.05, 0.1) is 6.61 Å². The van der Waals surface area contributed by atoms with Gasteiger partial charge in [0.15, 0.2) is 14.2 Å². The molecule has 0 aliphatic rings. The lowest BCUT2D eigenvalue weighted by atomic mass is 10.2. The molecule has 18 heavy (non-hydrogen) atoms. The van der Waals surface area contributed by atoms with Crippen molar-refractivity contribution in [3.05, 3.63) is 30.5 Å². The fourth-order valence-electron chi connectivity index (χ4n) is 1.23. The van der Waals surface area contributed by atoms with Crippen molar-refractivity contribution in [2.45, 2.75) is 58.4 Å². The first-order valence-electron chi connectivity index (χ1n) is 6.44. The summed E-state index contributed by atoms with van der Waals surface area (Å²) >= 11 is 0. The topological polar surface area (TPSA) is 35.3 Å². The van der Waals surface area contributed by atoms with Crippen molar-refractivity contribution in [3.63, 3.8) is 0 Å². The van der Waals surface area contributed by atoms with Gasteiger partial charge in [0.25, 0.3) is 0 Å². The highest BCUT2D eigenvalue weighted by Crippen LogP contribution is 2.36. The third-order valence-corrected chi connectivity index (χ3v) is 8.03. The molecule has 0 atom stereocenters. The zero-order chi connectivity index (χ0) is 13.8. The SMILES string of the molecule is C=CCCc1nc(CO[Si](C)(C)C(C)(C)C)co1. The molecule has 0 N–H and O–H groups in total. The molecule has 102 valence electrons. The number of hydrogen-bond donors (Lipinski definition) is 0. The number of oxazole rings is 1. The van der Waals surface area contributed by atoms with E-state index in [4.69, 9.17) is 8.84 Å². The number of aromatic nitrogens is 1. The van der Waals surface area contributed by atoms with Crippen molar-refractivity contribution in [1.29, 1.82) is 0 Å². The molecule has 0 aromatic carbocycles. The summed E-state index contributed by atoms with van der Waals surface area (Å²) in [5.74, 6) is 0.767. The molecule has 1 aromatic rings. The number of rotatable bonds is 6. The van der Waals surface area contributed by atoms with Crippen LogP contribution in [-0.4, -0.2) is 13.3 Å². The summed E-state index contributed by atoms with van der Waals surface area (Å²) in [5.41, 5.74) is 0.888. The molecule has 0 bridgehead atoms. The van der Waals surface area contributed by atoms with Crippen molar-refractivity contribution in [2.75, 3.05) is 0 Å². The maximum absolute atomic E-state index is 6.09. The second kappa shape index (κ2) is 5.84. The Kier molecular flexibility index (Phi) is 4.93. The van der Waals surface area contributed by atoms with Gasteiger partial charge in [0.1, 0.15) is 12.0 Å². The summed E-state index contributed by atoms with van der Waals surface area (Å²) in [4.78, 5) is 4.42. The van der Waals surface area contributed by atoms with Crippen LogP contribution >= 0.6 is 0 Å². The Labute approximate surface area is 111 Å². The third-order valence-electron chi connectivity index (χ3n) is 3.55. The fourth-order valence-corrected chi connectivity index (χ4v) is 2.17. The van der Waals surface area contributed by atoms with E-state index < -0.39 is 8.32 Å². The van der Waals surface area contributed by atoms with Gasteiger partial charge >= 0.3 is 0 Å². The Morgan fingerprint density at radius 2 is 2.11 bits per heavy atom. The summed E-state index contributed by atoms with van der Waals surface area (Å²) in [5, 5.41) is 0.225. The van der Waals surface area contributed by atoms with Gasteiger partial charge in [-0.2, -0.15) is 0 Å². The molecule has 0 amide bonds. The first-order valence-corrected chi connectivity index (χ1v) is 9.35. The van der Waals surface area contributed by atoms with E-state index in [1.165, 1.54) is 0 Å². The van der Waals surface area contributed by atoms with Crippen LogP contribution in [-0.2, 0) is 17.5 Å². The molecular weight excluding hydrogens is 242 g/mol. The molecular formula is C14H25NO2Si. The molecule has 3 nitrogen and oxygen atoms in total. The van der Waals surface area contributed by atoms with Crippen LogP contribution < -0.4 is 0 Å². The lowest BCUT2D eigenvalue weighted by molar-refractivity contribution is 0.272. The zero-order valence-electron chi connectivity index (χ0n) is 12.2. The smallest absolute Gasteiger partial charge is 0.194 e. The monoisotopic (exact) mass is 267 g/mol. The summed E-state index contributed by atoms with van der Waals surface area (Å²) in [6.45, 7) is 15.4. The van der Waals surface area contributed by atoms with E-state index in [0.29, 0.717) is 6.61 Å². The molecule has 0 spiro atoms. The van der Waals surface area contributed by atoms with Crippen LogP contribution in [0.4, 0.5) is 0 Å². The van der Waals surface area contributed by atoms with Crippen LogP contribution in [0.15, 0.2) is 23.3 Å². The average molecular weight is 267 g/mol. The van der Waals surface area contributed by atoms with E-state index >= 15 is 0 Å². The zero-order valence-corrected chi connectivity index (χ0v) is 13.2. The molecule has 0 saturated carbocycles. The fraction of sp³-hybridized carbons (Fsp3) is 0.643. The van der Waals surface area contributed by atoms with Gasteiger partial charge in [0.2, 0.25) is 0 Å². The molecule has 1 heterocycles. The number of hydrogen-bond acceptors (Lipinski definition) is 3. The number of allylic oxidation sites excluding steroid dienone is 1. The van der Waals surface area contributed by atoms with Crippen molar-refractivity contribution < 1.29 is 8.84 Å². The lowest BCUT2D eigenvalue weighted by Crippen LogP contribution is -2.40. The minimum Gasteiger partial charge on any atom is -0.449 e. The molecule has 0 unspecified atom stereocenters. The van der Waals surface area contributed by atoms with Gasteiger partial charge < -0.3 is 8.84 Å². The standard InChI is InChI=1S/C14H25NO2Si/c1-7-8-9-13-15-12(10-16-13)11-17-18(5,6)14(2,3)4/h7,10H,1,8-9,11H2,2-6H3. The Bertz CT molecular complexity index is 391. The van der Waals surface area contributed by atoms with Crippen LogP contribution in [0.5, 0.6) is 0 Å². The third kappa shape index (κ3) is 4.10. The Balaban J connectivity index is 2.53. The van der Waals surface area contributed by atoms with Crippen molar-refractivity contribution in [3.8, 4) is 0 Å². The van der Waals surface area contributed by atoms with E-state index in [1.807, 2.05) is 6.08 Å². The second-order valence-electron chi connectivity index (χ2n) is 6.11. The number of aryl methyl sites for hydroxylation is 1. The highest BCUT2D eigenvalue weighted by atomic mass is 28.4. The normalized spacial score (nSPS) is 12.7. The predicted molar refractivity (Wildman–Crippen MR) is 77.0 cm³/mol. The first kappa shape index (κ1) is 15.2. The van der Waals surface area contributed by atoms with Gasteiger partial charge in [-0.1, -0.05) is 26.8 Å². The molecule has 4 heteroatoms. The van der Waals surface area contributed by atoms with E-state index in [-0.39, 0.29) is 5.04 Å². The average Bonchev–Trinajstić information content (AvgIpc) is 2.70. The molecule has 0 aliphatic heterocycles. The summed E-state index contributed by atoms with van der Waals surface area (Å²) in [7, 11) is -1.70. The predicted octanol–water partition coefficient (Wildman–Crippen LogP) is 4.32. The maximum Gasteiger partial charge on any atom is 0.194 e. The van der Waals surface area contributed by atoms with Crippen LogP contribution in [0.3, 0.4) is 0 Å². The highest BCUT2D eigenvalue weighted by Gasteiger charge is 2.37. The molecule has 0 fully saturated rings. The van der Waals surface area contributed by atoms with Crippen LogP contribution in [0.2, 0.25) is 18.1 Å². The Hall–Kier alpha value is -0.873. The van der Waals surface area contributed by atoms with E-state index in [0.717, 1.165) is 24.4 Å². The van der Waals surface area contributed by atoms with Gasteiger partial charge in [-0.05, 0) is 24.6 Å². The van der Waals surface area contributed by atoms with E-state index in [2.05, 4.69) is 45.4 Å². The van der Waals surface area contributed by atoms with Gasteiger partial charge in [0, 0.05) is 6.42 Å².